The number of nitrogens with one attached hydrogen (secondary N) is 2. The number of hydrogen-bond donors (Lipinski definition) is 3. The van der Waals surface area contributed by atoms with Gasteiger partial charge in [-0.25, -0.2) is 14.4 Å². The number of nitrogen functional groups attached to an aromatic ring is 1. The smallest absolute Gasteiger partial charge is 0.159 e. The lowest BCUT2D eigenvalue weighted by Crippen LogP contribution is -2.06. The minimum absolute atomic E-state index is 0.237. The van der Waals surface area contributed by atoms with Gasteiger partial charge < -0.3 is 25.8 Å². The van der Waals surface area contributed by atoms with Crippen molar-refractivity contribution >= 4 is 28.7 Å². The summed E-state index contributed by atoms with van der Waals surface area (Å²) in [7, 11) is 3.13. The summed E-state index contributed by atoms with van der Waals surface area (Å²) >= 11 is 0. The van der Waals surface area contributed by atoms with Crippen LogP contribution in [0, 0.1) is 5.82 Å². The van der Waals surface area contributed by atoms with Gasteiger partial charge in [-0.1, -0.05) is 12.1 Å². The van der Waals surface area contributed by atoms with E-state index in [0.29, 0.717) is 23.0 Å². The van der Waals surface area contributed by atoms with E-state index < -0.39 is 5.82 Å². The maximum absolute atomic E-state index is 13.8. The van der Waals surface area contributed by atoms with Crippen LogP contribution in [0.1, 0.15) is 0 Å². The quantitative estimate of drug-likeness (QED) is 0.620. The van der Waals surface area contributed by atoms with Crippen molar-refractivity contribution in [2.45, 2.75) is 0 Å². The summed E-state index contributed by atoms with van der Waals surface area (Å²) in [4.78, 5) is 8.24. The number of nitrogens with zero attached hydrogens (tertiary/aromatic N) is 2. The Morgan fingerprint density at radius 1 is 0.923 bits per heavy atom. The molecule has 0 unspecified atom stereocenters. The van der Waals surface area contributed by atoms with Crippen LogP contribution in [0.15, 0.2) is 48.8 Å². The van der Waals surface area contributed by atoms with Crippen LogP contribution in [0.25, 0.3) is 0 Å². The highest BCUT2D eigenvalue weighted by Gasteiger charge is 2.13. The van der Waals surface area contributed by atoms with Gasteiger partial charge in [0.2, 0.25) is 0 Å². The zero-order valence-electron chi connectivity index (χ0n) is 14.3. The first-order chi connectivity index (χ1) is 12.6. The summed E-state index contributed by atoms with van der Waals surface area (Å²) in [6.45, 7) is 0. The number of ether oxygens (including phenoxy) is 2. The highest BCUT2D eigenvalue weighted by Crippen LogP contribution is 2.34. The van der Waals surface area contributed by atoms with Gasteiger partial charge in [-0.3, -0.25) is 0 Å². The molecule has 1 heterocycles. The molecule has 2 aromatic carbocycles. The van der Waals surface area contributed by atoms with E-state index >= 15 is 0 Å². The van der Waals surface area contributed by atoms with E-state index in [2.05, 4.69) is 20.6 Å². The van der Waals surface area contributed by atoms with Crippen molar-refractivity contribution in [3.05, 3.63) is 54.6 Å². The predicted molar refractivity (Wildman–Crippen MR) is 99.0 cm³/mol. The van der Waals surface area contributed by atoms with Gasteiger partial charge in [-0.15, -0.1) is 0 Å². The minimum atomic E-state index is -0.408. The van der Waals surface area contributed by atoms with E-state index in [-0.39, 0.29) is 17.2 Å². The van der Waals surface area contributed by atoms with Gasteiger partial charge in [0.1, 0.15) is 29.3 Å². The van der Waals surface area contributed by atoms with Crippen molar-refractivity contribution in [3.8, 4) is 11.5 Å². The molecule has 7 nitrogen and oxygen atoms in total. The summed E-state index contributed by atoms with van der Waals surface area (Å²) in [5.74, 6) is 1.47. The molecule has 0 aliphatic carbocycles. The van der Waals surface area contributed by atoms with E-state index in [9.17, 15) is 4.39 Å². The Hall–Kier alpha value is -3.55. The topological polar surface area (TPSA) is 94.3 Å². The van der Waals surface area contributed by atoms with Crippen LogP contribution >= 0.6 is 0 Å². The molecule has 0 spiro atoms. The number of benzene rings is 2. The SMILES string of the molecule is COc1ccc(OC)c(Nc2ncnc(Nc3ccccc3F)c2N)c1. The standard InChI is InChI=1S/C18H18FN5O2/c1-25-11-7-8-15(26-2)14(9-11)24-18-16(20)17(21-10-22-18)23-13-6-4-3-5-12(13)19/h3-10H,20H2,1-2H3,(H2,21,22,23,24). The number of para-hydroxylation sites is 1. The summed E-state index contributed by atoms with van der Waals surface area (Å²) in [5, 5.41) is 5.96. The Kier molecular flexibility index (Phi) is 5.02. The number of anilines is 5. The highest BCUT2D eigenvalue weighted by molar-refractivity contribution is 5.81. The molecule has 8 heteroatoms. The van der Waals surface area contributed by atoms with Crippen molar-refractivity contribution in [1.29, 1.82) is 0 Å². The summed E-state index contributed by atoms with van der Waals surface area (Å²) in [5.41, 5.74) is 7.27. The van der Waals surface area contributed by atoms with Gasteiger partial charge in [0.25, 0.3) is 0 Å². The van der Waals surface area contributed by atoms with Gasteiger partial charge in [0.15, 0.2) is 11.6 Å². The predicted octanol–water partition coefficient (Wildman–Crippen LogP) is 3.70. The number of methoxy groups -OCH3 is 2. The molecular weight excluding hydrogens is 337 g/mol. The molecule has 3 aromatic rings. The van der Waals surface area contributed by atoms with E-state index in [1.165, 1.54) is 12.4 Å². The second-order valence-corrected chi connectivity index (χ2v) is 5.28. The monoisotopic (exact) mass is 355 g/mol. The second-order valence-electron chi connectivity index (χ2n) is 5.28. The first-order valence-electron chi connectivity index (χ1n) is 7.73. The van der Waals surface area contributed by atoms with Crippen LogP contribution in [-0.4, -0.2) is 24.2 Å². The second kappa shape index (κ2) is 7.56. The van der Waals surface area contributed by atoms with Gasteiger partial charge in [-0.05, 0) is 24.3 Å². The van der Waals surface area contributed by atoms with Crippen molar-refractivity contribution < 1.29 is 13.9 Å². The fourth-order valence-electron chi connectivity index (χ4n) is 2.32. The molecular formula is C18H18FN5O2. The minimum Gasteiger partial charge on any atom is -0.497 e. The largest absolute Gasteiger partial charge is 0.497 e. The number of halogens is 1. The molecule has 1 aromatic heterocycles. The molecule has 0 radical (unpaired) electrons. The summed E-state index contributed by atoms with van der Waals surface area (Å²) in [6.07, 6.45) is 1.33. The van der Waals surface area contributed by atoms with Crippen molar-refractivity contribution in [2.75, 3.05) is 30.6 Å². The molecule has 0 amide bonds. The lowest BCUT2D eigenvalue weighted by Gasteiger charge is -2.15. The zero-order chi connectivity index (χ0) is 18.5. The Labute approximate surface area is 150 Å². The Balaban J connectivity index is 1.92. The summed E-state index contributed by atoms with van der Waals surface area (Å²) in [6, 6.07) is 11.5. The molecule has 3 rings (SSSR count). The number of hydrogen-bond acceptors (Lipinski definition) is 7. The Bertz CT molecular complexity index is 920. The summed E-state index contributed by atoms with van der Waals surface area (Å²) < 4.78 is 24.4. The molecule has 134 valence electrons. The fourth-order valence-corrected chi connectivity index (χ4v) is 2.32. The first kappa shape index (κ1) is 17.3. The normalized spacial score (nSPS) is 10.3. The third-order valence-corrected chi connectivity index (χ3v) is 3.67. The molecule has 0 bridgehead atoms. The van der Waals surface area contributed by atoms with Gasteiger partial charge in [0.05, 0.1) is 25.6 Å². The Morgan fingerprint density at radius 3 is 2.27 bits per heavy atom. The van der Waals surface area contributed by atoms with Gasteiger partial charge >= 0.3 is 0 Å². The molecule has 0 saturated carbocycles. The number of aromatic nitrogens is 2. The maximum Gasteiger partial charge on any atom is 0.159 e. The van der Waals surface area contributed by atoms with E-state index in [1.54, 1.807) is 50.6 Å². The molecule has 0 aliphatic rings. The molecule has 4 N–H and O–H groups in total. The number of nitrogens with two attached hydrogens (primary N) is 1. The van der Waals surface area contributed by atoms with Crippen LogP contribution in [0.3, 0.4) is 0 Å². The van der Waals surface area contributed by atoms with Crippen molar-refractivity contribution in [1.82, 2.24) is 9.97 Å². The molecule has 0 atom stereocenters. The number of rotatable bonds is 6. The maximum atomic E-state index is 13.8. The van der Waals surface area contributed by atoms with Gasteiger partial charge in [-0.2, -0.15) is 0 Å². The van der Waals surface area contributed by atoms with Crippen LogP contribution < -0.4 is 25.8 Å². The molecule has 26 heavy (non-hydrogen) atoms. The fraction of sp³-hybridized carbons (Fsp3) is 0.111. The molecule has 0 saturated heterocycles. The zero-order valence-corrected chi connectivity index (χ0v) is 14.3. The van der Waals surface area contributed by atoms with Crippen LogP contribution in [-0.2, 0) is 0 Å². The molecule has 0 aliphatic heterocycles. The van der Waals surface area contributed by atoms with Crippen molar-refractivity contribution in [2.24, 2.45) is 0 Å². The van der Waals surface area contributed by atoms with Crippen molar-refractivity contribution in [3.63, 3.8) is 0 Å². The third kappa shape index (κ3) is 3.59. The van der Waals surface area contributed by atoms with Crippen LogP contribution in [0.5, 0.6) is 11.5 Å². The Morgan fingerprint density at radius 2 is 1.62 bits per heavy atom. The van der Waals surface area contributed by atoms with E-state index in [1.807, 2.05) is 0 Å². The van der Waals surface area contributed by atoms with E-state index in [0.717, 1.165) is 0 Å². The average Bonchev–Trinajstić information content (AvgIpc) is 2.66. The third-order valence-electron chi connectivity index (χ3n) is 3.67. The lowest BCUT2D eigenvalue weighted by molar-refractivity contribution is 0.405. The van der Waals surface area contributed by atoms with Gasteiger partial charge in [0, 0.05) is 6.07 Å². The average molecular weight is 355 g/mol. The van der Waals surface area contributed by atoms with Crippen LogP contribution in [0.2, 0.25) is 0 Å². The van der Waals surface area contributed by atoms with E-state index in [4.69, 9.17) is 15.2 Å². The highest BCUT2D eigenvalue weighted by atomic mass is 19.1. The molecule has 0 fully saturated rings. The van der Waals surface area contributed by atoms with Crippen LogP contribution in [0.4, 0.5) is 33.1 Å². The lowest BCUT2D eigenvalue weighted by atomic mass is 10.2. The first-order valence-corrected chi connectivity index (χ1v) is 7.73.